The molecule has 4 rings (SSSR count). The van der Waals surface area contributed by atoms with Crippen molar-refractivity contribution in [3.8, 4) is 0 Å². The molecule has 4 aromatic rings. The summed E-state index contributed by atoms with van der Waals surface area (Å²) in [6.45, 7) is 0. The van der Waals surface area contributed by atoms with Crippen molar-refractivity contribution < 1.29 is 0 Å². The van der Waals surface area contributed by atoms with Crippen LogP contribution < -0.4 is 17.6 Å². The minimum absolute atomic E-state index is 1.38. The number of hydrogen-bond acceptors (Lipinski definition) is 1. The first-order chi connectivity index (χ1) is 13.4. The van der Waals surface area contributed by atoms with Gasteiger partial charge < -0.3 is 0 Å². The van der Waals surface area contributed by atoms with E-state index in [4.69, 9.17) is 0 Å². The van der Waals surface area contributed by atoms with Gasteiger partial charge in [-0.25, -0.2) is 0 Å². The van der Waals surface area contributed by atoms with E-state index in [0.29, 0.717) is 0 Å². The number of rotatable bonds is 5. The van der Waals surface area contributed by atoms with Gasteiger partial charge in [-0.3, -0.25) is 0 Å². The quantitative estimate of drug-likeness (QED) is 0.345. The summed E-state index contributed by atoms with van der Waals surface area (Å²) in [6, 6.07) is 42.4. The van der Waals surface area contributed by atoms with Crippen molar-refractivity contribution in [2.45, 2.75) is 4.90 Å². The van der Waals surface area contributed by atoms with Crippen LogP contribution in [0.25, 0.3) is 0 Å². The summed E-state index contributed by atoms with van der Waals surface area (Å²) < 4.78 is 5.91. The predicted molar refractivity (Wildman–Crippen MR) is 122 cm³/mol. The van der Waals surface area contributed by atoms with Gasteiger partial charge in [-0.1, -0.05) is 0 Å². The first-order valence-corrected chi connectivity index (χ1v) is 14.6. The van der Waals surface area contributed by atoms with Crippen LogP contribution in [0.1, 0.15) is 0 Å². The van der Waals surface area contributed by atoms with Gasteiger partial charge in [0.2, 0.25) is 0 Å². The first-order valence-electron chi connectivity index (χ1n) is 9.17. The zero-order valence-electron chi connectivity index (χ0n) is 15.4. The number of benzene rings is 4. The molecular weight excluding hydrogens is 405 g/mol. The molecule has 0 N–H and O–H groups in total. The van der Waals surface area contributed by atoms with E-state index in [-0.39, 0.29) is 0 Å². The molecule has 0 aliphatic heterocycles. The molecule has 0 unspecified atom stereocenters. The molecule has 0 fully saturated rings. The molecule has 0 nitrogen and oxygen atoms in total. The molecule has 27 heavy (non-hydrogen) atoms. The van der Waals surface area contributed by atoms with Crippen LogP contribution in [0.3, 0.4) is 0 Å². The Morgan fingerprint density at radius 3 is 1.26 bits per heavy atom. The second-order valence-corrected chi connectivity index (χ2v) is 15.3. The third-order valence-corrected chi connectivity index (χ3v) is 16.5. The Bertz CT molecular complexity index is 901. The summed E-state index contributed by atoms with van der Waals surface area (Å²) in [7, 11) is 0. The summed E-state index contributed by atoms with van der Waals surface area (Å²) in [6.07, 6.45) is 2.19. The average molecular weight is 427 g/mol. The van der Waals surface area contributed by atoms with E-state index >= 15 is 0 Å². The van der Waals surface area contributed by atoms with Gasteiger partial charge in [-0.2, -0.15) is 0 Å². The Kier molecular flexibility index (Phi) is 5.51. The minimum atomic E-state index is -3.10. The van der Waals surface area contributed by atoms with Gasteiger partial charge in [-0.05, 0) is 0 Å². The van der Waals surface area contributed by atoms with Crippen molar-refractivity contribution in [2.75, 3.05) is 6.26 Å². The Balaban J connectivity index is 2.17. The average Bonchev–Trinajstić information content (AvgIpc) is 2.77. The molecule has 2 heteroatoms. The van der Waals surface area contributed by atoms with Gasteiger partial charge in [0.05, 0.1) is 0 Å². The van der Waals surface area contributed by atoms with Crippen LogP contribution in [0.5, 0.6) is 0 Å². The predicted octanol–water partition coefficient (Wildman–Crippen LogP) is 3.79. The second-order valence-electron chi connectivity index (χ2n) is 6.55. The van der Waals surface area contributed by atoms with Crippen LogP contribution in [0.4, 0.5) is 0 Å². The van der Waals surface area contributed by atoms with Crippen molar-refractivity contribution in [1.82, 2.24) is 0 Å². The van der Waals surface area contributed by atoms with E-state index in [2.05, 4.69) is 122 Å². The van der Waals surface area contributed by atoms with Crippen LogP contribution >= 0.6 is 11.8 Å². The van der Waals surface area contributed by atoms with Crippen molar-refractivity contribution in [3.63, 3.8) is 0 Å². The molecule has 0 atom stereocenters. The zero-order valence-corrected chi connectivity index (χ0v) is 18.3. The monoisotopic (exact) mass is 428 g/mol. The SMILES string of the molecule is CSc1cccc[c]1[Ge]([c]1ccccc1)([c]1ccccc1)[c]1ccccc1. The summed E-state index contributed by atoms with van der Waals surface area (Å²) in [5.74, 6) is 0. The van der Waals surface area contributed by atoms with Gasteiger partial charge in [-0.15, -0.1) is 0 Å². The fourth-order valence-corrected chi connectivity index (χ4v) is 16.0. The molecule has 0 amide bonds. The molecule has 0 saturated carbocycles. The number of hydrogen-bond donors (Lipinski definition) is 0. The van der Waals surface area contributed by atoms with Crippen molar-refractivity contribution in [1.29, 1.82) is 0 Å². The third kappa shape index (κ3) is 3.26. The van der Waals surface area contributed by atoms with E-state index < -0.39 is 13.3 Å². The molecule has 0 aliphatic rings. The van der Waals surface area contributed by atoms with Gasteiger partial charge in [0, 0.05) is 0 Å². The molecular formula is C25H22GeS. The van der Waals surface area contributed by atoms with E-state index in [0.717, 1.165) is 0 Å². The van der Waals surface area contributed by atoms with Gasteiger partial charge >= 0.3 is 169 Å². The maximum atomic E-state index is 2.36. The van der Waals surface area contributed by atoms with Crippen molar-refractivity contribution in [2.24, 2.45) is 0 Å². The van der Waals surface area contributed by atoms with Crippen LogP contribution in [-0.2, 0) is 0 Å². The topological polar surface area (TPSA) is 0 Å². The van der Waals surface area contributed by atoms with Gasteiger partial charge in [0.25, 0.3) is 0 Å². The second kappa shape index (κ2) is 8.20. The summed E-state index contributed by atoms with van der Waals surface area (Å²) >= 11 is -1.24. The van der Waals surface area contributed by atoms with E-state index in [9.17, 15) is 0 Å². The Hall–Kier alpha value is -2.23. The van der Waals surface area contributed by atoms with Crippen LogP contribution in [0.15, 0.2) is 120 Å². The summed E-state index contributed by atoms with van der Waals surface area (Å²) in [5, 5.41) is 0. The molecule has 0 saturated heterocycles. The Morgan fingerprint density at radius 2 is 0.852 bits per heavy atom. The summed E-state index contributed by atoms with van der Waals surface area (Å²) in [4.78, 5) is 1.38. The van der Waals surface area contributed by atoms with Crippen LogP contribution in [0, 0.1) is 0 Å². The van der Waals surface area contributed by atoms with Gasteiger partial charge in [0.15, 0.2) is 0 Å². The Labute approximate surface area is 168 Å². The Morgan fingerprint density at radius 1 is 0.481 bits per heavy atom. The number of thioether (sulfide) groups is 1. The third-order valence-electron chi connectivity index (χ3n) is 5.13. The van der Waals surface area contributed by atoms with E-state index in [1.54, 1.807) is 0 Å². The molecule has 132 valence electrons. The fraction of sp³-hybridized carbons (Fsp3) is 0.0400. The zero-order chi connectivity index (χ0) is 18.5. The molecule has 0 aromatic heterocycles. The normalized spacial score (nSPS) is 11.3. The molecule has 0 bridgehead atoms. The van der Waals surface area contributed by atoms with Gasteiger partial charge in [0.1, 0.15) is 0 Å². The first kappa shape index (κ1) is 18.2. The molecule has 0 heterocycles. The van der Waals surface area contributed by atoms with Crippen LogP contribution in [0.2, 0.25) is 0 Å². The van der Waals surface area contributed by atoms with E-state index in [1.165, 1.54) is 22.5 Å². The molecule has 0 aliphatic carbocycles. The van der Waals surface area contributed by atoms with E-state index in [1.807, 2.05) is 11.8 Å². The molecule has 4 aromatic carbocycles. The molecule has 0 radical (unpaired) electrons. The standard InChI is InChI=1S/C25H22GeS/c1-27-25-20-12-11-19-24(25)26(21-13-5-2-6-14-21,22-15-7-3-8-16-22)23-17-9-4-10-18-23/h2-20H,1H3. The van der Waals surface area contributed by atoms with Crippen molar-refractivity contribution >= 4 is 42.6 Å². The van der Waals surface area contributed by atoms with Crippen LogP contribution in [-0.4, -0.2) is 19.5 Å². The fourth-order valence-electron chi connectivity index (χ4n) is 3.99. The maximum absolute atomic E-state index is 3.10. The summed E-state index contributed by atoms with van der Waals surface area (Å²) in [5.41, 5.74) is 0. The molecule has 0 spiro atoms. The van der Waals surface area contributed by atoms with Crippen molar-refractivity contribution in [3.05, 3.63) is 115 Å².